The Morgan fingerprint density at radius 2 is 2.31 bits per heavy atom. The Morgan fingerprint density at radius 1 is 1.54 bits per heavy atom. The molecule has 0 bridgehead atoms. The number of hydrogen-bond donors (Lipinski definition) is 1. The third-order valence-corrected chi connectivity index (χ3v) is 2.69. The minimum absolute atomic E-state index is 0.159. The highest BCUT2D eigenvalue weighted by molar-refractivity contribution is 14.1. The Labute approximate surface area is 88.7 Å². The van der Waals surface area contributed by atoms with Gasteiger partial charge in [-0.2, -0.15) is 5.10 Å². The van der Waals surface area contributed by atoms with E-state index in [0.717, 1.165) is 11.1 Å². The molecule has 0 fully saturated rings. The maximum absolute atomic E-state index is 13.7. The second-order valence-corrected chi connectivity index (χ2v) is 4.78. The van der Waals surface area contributed by atoms with Crippen molar-refractivity contribution in [1.82, 2.24) is 10.2 Å². The molecule has 2 nitrogen and oxygen atoms in total. The second-order valence-electron chi connectivity index (χ2n) is 2.92. The van der Waals surface area contributed by atoms with Crippen molar-refractivity contribution in [3.63, 3.8) is 0 Å². The lowest BCUT2D eigenvalue weighted by Gasteiger charge is -2.05. The summed E-state index contributed by atoms with van der Waals surface area (Å²) >= 11 is 2.19. The molecular formula is C9H8FIN2. The third kappa shape index (κ3) is 1.43. The minimum Gasteiger partial charge on any atom is -0.278 e. The van der Waals surface area contributed by atoms with E-state index in [1.54, 1.807) is 6.07 Å². The maximum Gasteiger partial charge on any atom is 0.138 e. The van der Waals surface area contributed by atoms with E-state index in [9.17, 15) is 4.39 Å². The van der Waals surface area contributed by atoms with Gasteiger partial charge in [0.2, 0.25) is 0 Å². The summed E-state index contributed by atoms with van der Waals surface area (Å²) in [4.78, 5) is 0. The topological polar surface area (TPSA) is 28.7 Å². The molecule has 1 heterocycles. The van der Waals surface area contributed by atoms with Crippen LogP contribution in [0.25, 0.3) is 10.9 Å². The van der Waals surface area contributed by atoms with Crippen molar-refractivity contribution in [3.05, 3.63) is 29.7 Å². The fraction of sp³-hybridized carbons (Fsp3) is 0.222. The molecule has 1 N–H and O–H groups in total. The summed E-state index contributed by atoms with van der Waals surface area (Å²) in [5.41, 5.74) is 1.48. The Bertz CT molecular complexity index is 436. The van der Waals surface area contributed by atoms with Gasteiger partial charge in [-0.05, 0) is 13.0 Å². The average molecular weight is 290 g/mol. The summed E-state index contributed by atoms with van der Waals surface area (Å²) in [6.07, 6.45) is 1.52. The molecule has 1 unspecified atom stereocenters. The molecule has 2 aromatic rings. The number of halogens is 2. The number of H-pyrrole nitrogens is 1. The zero-order valence-corrected chi connectivity index (χ0v) is 9.17. The zero-order chi connectivity index (χ0) is 9.42. The molecule has 0 saturated carbocycles. The maximum atomic E-state index is 13.7. The molecule has 0 aliphatic heterocycles. The molecule has 0 saturated heterocycles. The lowest BCUT2D eigenvalue weighted by atomic mass is 10.1. The monoisotopic (exact) mass is 290 g/mol. The first-order valence-corrected chi connectivity index (χ1v) is 5.20. The van der Waals surface area contributed by atoms with Gasteiger partial charge in [0.25, 0.3) is 0 Å². The quantitative estimate of drug-likeness (QED) is 0.634. The van der Waals surface area contributed by atoms with Crippen molar-refractivity contribution in [2.24, 2.45) is 0 Å². The first-order valence-electron chi connectivity index (χ1n) is 3.95. The molecule has 0 spiro atoms. The largest absolute Gasteiger partial charge is 0.278 e. The first-order chi connectivity index (χ1) is 6.20. The first kappa shape index (κ1) is 8.93. The Hall–Kier alpha value is -0.650. The summed E-state index contributed by atoms with van der Waals surface area (Å²) in [7, 11) is 0. The van der Waals surface area contributed by atoms with E-state index in [1.807, 2.05) is 13.0 Å². The molecule has 1 atom stereocenters. The van der Waals surface area contributed by atoms with Gasteiger partial charge < -0.3 is 0 Å². The van der Waals surface area contributed by atoms with Crippen LogP contribution in [0.15, 0.2) is 18.3 Å². The number of aromatic amines is 1. The molecule has 68 valence electrons. The van der Waals surface area contributed by atoms with Gasteiger partial charge in [0.05, 0.1) is 17.1 Å². The van der Waals surface area contributed by atoms with E-state index in [4.69, 9.17) is 0 Å². The van der Waals surface area contributed by atoms with Gasteiger partial charge in [-0.3, -0.25) is 5.10 Å². The van der Waals surface area contributed by atoms with Crippen LogP contribution in [-0.4, -0.2) is 10.2 Å². The molecule has 0 amide bonds. The SMILES string of the molecule is CC(I)c1ccc2[nH]ncc2c1F. The van der Waals surface area contributed by atoms with E-state index in [2.05, 4.69) is 32.8 Å². The van der Waals surface area contributed by atoms with E-state index in [1.165, 1.54) is 6.20 Å². The predicted octanol–water partition coefficient (Wildman–Crippen LogP) is 3.20. The van der Waals surface area contributed by atoms with Gasteiger partial charge in [-0.15, -0.1) is 0 Å². The van der Waals surface area contributed by atoms with Crippen molar-refractivity contribution in [1.29, 1.82) is 0 Å². The number of fused-ring (bicyclic) bond motifs is 1. The van der Waals surface area contributed by atoms with E-state index in [0.29, 0.717) is 5.39 Å². The molecular weight excluding hydrogens is 282 g/mol. The van der Waals surface area contributed by atoms with Crippen LogP contribution in [0.2, 0.25) is 0 Å². The fourth-order valence-corrected chi connectivity index (χ4v) is 1.79. The zero-order valence-electron chi connectivity index (χ0n) is 7.01. The van der Waals surface area contributed by atoms with Crippen molar-refractivity contribution < 1.29 is 4.39 Å². The van der Waals surface area contributed by atoms with E-state index in [-0.39, 0.29) is 9.74 Å². The molecule has 0 aliphatic carbocycles. The highest BCUT2D eigenvalue weighted by atomic mass is 127. The predicted molar refractivity (Wildman–Crippen MR) is 58.5 cm³/mol. The Morgan fingerprint density at radius 3 is 3.00 bits per heavy atom. The van der Waals surface area contributed by atoms with Gasteiger partial charge >= 0.3 is 0 Å². The number of alkyl halides is 1. The number of nitrogens with one attached hydrogen (secondary N) is 1. The fourth-order valence-electron chi connectivity index (χ4n) is 1.31. The van der Waals surface area contributed by atoms with Crippen molar-refractivity contribution >= 4 is 33.5 Å². The van der Waals surface area contributed by atoms with Crippen LogP contribution in [0.4, 0.5) is 4.39 Å². The van der Waals surface area contributed by atoms with Crippen LogP contribution < -0.4 is 0 Å². The number of aromatic nitrogens is 2. The standard InChI is InChI=1S/C9H8FIN2/c1-5(11)6-2-3-8-7(9(6)10)4-12-13-8/h2-5H,1H3,(H,12,13). The molecule has 0 aliphatic rings. The van der Waals surface area contributed by atoms with Crippen molar-refractivity contribution in [3.8, 4) is 0 Å². The van der Waals surface area contributed by atoms with Crippen molar-refractivity contribution in [2.75, 3.05) is 0 Å². The molecule has 13 heavy (non-hydrogen) atoms. The summed E-state index contributed by atoms with van der Waals surface area (Å²) in [5, 5.41) is 7.10. The van der Waals surface area contributed by atoms with Crippen LogP contribution in [-0.2, 0) is 0 Å². The Kier molecular flexibility index (Phi) is 2.23. The summed E-state index contributed by atoms with van der Waals surface area (Å²) in [6.45, 7) is 1.96. The van der Waals surface area contributed by atoms with Gasteiger partial charge in [-0.25, -0.2) is 4.39 Å². The smallest absolute Gasteiger partial charge is 0.138 e. The molecule has 0 radical (unpaired) electrons. The lowest BCUT2D eigenvalue weighted by Crippen LogP contribution is -1.90. The van der Waals surface area contributed by atoms with Crippen LogP contribution >= 0.6 is 22.6 Å². The van der Waals surface area contributed by atoms with Gasteiger partial charge in [-0.1, -0.05) is 28.7 Å². The number of hydrogen-bond acceptors (Lipinski definition) is 1. The number of rotatable bonds is 1. The minimum atomic E-state index is -0.159. The number of nitrogens with zero attached hydrogens (tertiary/aromatic N) is 1. The molecule has 1 aromatic carbocycles. The molecule has 1 aromatic heterocycles. The highest BCUT2D eigenvalue weighted by Gasteiger charge is 2.11. The average Bonchev–Trinajstić information content (AvgIpc) is 2.52. The van der Waals surface area contributed by atoms with Crippen molar-refractivity contribution in [2.45, 2.75) is 10.8 Å². The second kappa shape index (κ2) is 3.25. The summed E-state index contributed by atoms with van der Waals surface area (Å²) in [6, 6.07) is 3.66. The van der Waals surface area contributed by atoms with E-state index < -0.39 is 0 Å². The van der Waals surface area contributed by atoms with Crippen LogP contribution in [0, 0.1) is 5.82 Å². The Balaban J connectivity index is 2.73. The van der Waals surface area contributed by atoms with E-state index >= 15 is 0 Å². The third-order valence-electron chi connectivity index (χ3n) is 2.02. The summed E-state index contributed by atoms with van der Waals surface area (Å²) < 4.78 is 13.9. The highest BCUT2D eigenvalue weighted by Crippen LogP contribution is 2.28. The molecule has 2 rings (SSSR count). The normalized spacial score (nSPS) is 13.5. The van der Waals surface area contributed by atoms with Crippen LogP contribution in [0.5, 0.6) is 0 Å². The van der Waals surface area contributed by atoms with Crippen LogP contribution in [0.3, 0.4) is 0 Å². The van der Waals surface area contributed by atoms with Gasteiger partial charge in [0, 0.05) is 9.49 Å². The van der Waals surface area contributed by atoms with Crippen LogP contribution in [0.1, 0.15) is 16.4 Å². The number of benzene rings is 1. The lowest BCUT2D eigenvalue weighted by molar-refractivity contribution is 0.625. The van der Waals surface area contributed by atoms with Gasteiger partial charge in [0.1, 0.15) is 5.82 Å². The summed E-state index contributed by atoms with van der Waals surface area (Å²) in [5.74, 6) is -0.159. The van der Waals surface area contributed by atoms with Gasteiger partial charge in [0.15, 0.2) is 0 Å². The molecule has 4 heteroatoms.